The number of hydrogen-bond acceptors (Lipinski definition) is 3. The molecule has 0 saturated carbocycles. The number of aryl methyl sites for hydroxylation is 1. The molecule has 0 atom stereocenters. The third-order valence-corrected chi connectivity index (χ3v) is 1.87. The molecule has 5 heteroatoms. The SMILES string of the molecule is COc1ccc(C)cc1C(F)(F)N=C=O. The van der Waals surface area contributed by atoms with Gasteiger partial charge in [-0.15, -0.1) is 4.99 Å². The second-order valence-corrected chi connectivity index (χ2v) is 2.95. The molecule has 0 spiro atoms. The van der Waals surface area contributed by atoms with Crippen LogP contribution >= 0.6 is 0 Å². The minimum atomic E-state index is -3.60. The first-order valence-corrected chi connectivity index (χ1v) is 4.13. The van der Waals surface area contributed by atoms with Crippen molar-refractivity contribution in [1.82, 2.24) is 0 Å². The molecule has 0 amide bonds. The first-order valence-electron chi connectivity index (χ1n) is 4.13. The lowest BCUT2D eigenvalue weighted by atomic mass is 10.1. The zero-order chi connectivity index (χ0) is 11.5. The van der Waals surface area contributed by atoms with Gasteiger partial charge in [-0.1, -0.05) is 11.6 Å². The number of hydrogen-bond donors (Lipinski definition) is 0. The van der Waals surface area contributed by atoms with Crippen LogP contribution in [0, 0.1) is 6.92 Å². The molecule has 0 aliphatic heterocycles. The van der Waals surface area contributed by atoms with Gasteiger partial charge >= 0.3 is 6.05 Å². The molecule has 0 saturated heterocycles. The van der Waals surface area contributed by atoms with Crippen LogP contribution in [-0.2, 0) is 10.8 Å². The third kappa shape index (κ3) is 2.39. The van der Waals surface area contributed by atoms with E-state index in [9.17, 15) is 13.6 Å². The van der Waals surface area contributed by atoms with Crippen LogP contribution in [-0.4, -0.2) is 13.2 Å². The van der Waals surface area contributed by atoms with Crippen molar-refractivity contribution in [2.75, 3.05) is 7.11 Å². The van der Waals surface area contributed by atoms with Gasteiger partial charge in [0.15, 0.2) is 0 Å². The van der Waals surface area contributed by atoms with E-state index in [0.717, 1.165) is 6.08 Å². The lowest BCUT2D eigenvalue weighted by molar-refractivity contribution is 0.00384. The second-order valence-electron chi connectivity index (χ2n) is 2.95. The van der Waals surface area contributed by atoms with Gasteiger partial charge in [0.25, 0.3) is 0 Å². The molecule has 0 heterocycles. The van der Waals surface area contributed by atoms with Crippen molar-refractivity contribution in [2.45, 2.75) is 13.0 Å². The molecule has 0 fully saturated rings. The molecule has 0 aliphatic rings. The fourth-order valence-corrected chi connectivity index (χ4v) is 1.17. The summed E-state index contributed by atoms with van der Waals surface area (Å²) >= 11 is 0. The lowest BCUT2D eigenvalue weighted by Crippen LogP contribution is -2.11. The van der Waals surface area contributed by atoms with E-state index in [1.165, 1.54) is 19.2 Å². The van der Waals surface area contributed by atoms with Crippen LogP contribution in [0.1, 0.15) is 11.1 Å². The molecule has 1 rings (SSSR count). The molecule has 0 N–H and O–H groups in total. The molecule has 0 radical (unpaired) electrons. The molecule has 1 aromatic rings. The van der Waals surface area contributed by atoms with Crippen molar-refractivity contribution in [1.29, 1.82) is 0 Å². The van der Waals surface area contributed by atoms with Gasteiger partial charge in [0.2, 0.25) is 6.08 Å². The fourth-order valence-electron chi connectivity index (χ4n) is 1.17. The minimum absolute atomic E-state index is 0.00963. The molecule has 15 heavy (non-hydrogen) atoms. The topological polar surface area (TPSA) is 38.7 Å². The molecule has 0 aromatic heterocycles. The summed E-state index contributed by atoms with van der Waals surface area (Å²) < 4.78 is 31.3. The first-order chi connectivity index (χ1) is 7.01. The van der Waals surface area contributed by atoms with Crippen LogP contribution in [0.5, 0.6) is 5.75 Å². The van der Waals surface area contributed by atoms with E-state index in [1.807, 2.05) is 0 Å². The normalized spacial score (nSPS) is 10.7. The maximum Gasteiger partial charge on any atom is 0.382 e. The maximum absolute atomic E-state index is 13.3. The first kappa shape index (κ1) is 11.3. The average molecular weight is 213 g/mol. The predicted octanol–water partition coefficient (Wildman–Crippen LogP) is 2.39. The Morgan fingerprint density at radius 2 is 2.13 bits per heavy atom. The molecular weight excluding hydrogens is 204 g/mol. The van der Waals surface area contributed by atoms with Crippen molar-refractivity contribution >= 4 is 6.08 Å². The Morgan fingerprint density at radius 1 is 1.47 bits per heavy atom. The highest BCUT2D eigenvalue weighted by atomic mass is 19.3. The Kier molecular flexibility index (Phi) is 3.17. The molecule has 1 aromatic carbocycles. The van der Waals surface area contributed by atoms with E-state index in [4.69, 9.17) is 4.74 Å². The highest BCUT2D eigenvalue weighted by Crippen LogP contribution is 2.36. The summed E-state index contributed by atoms with van der Waals surface area (Å²) in [7, 11) is 1.27. The number of methoxy groups -OCH3 is 1. The Hall–Kier alpha value is -1.74. The summed E-state index contributed by atoms with van der Waals surface area (Å²) in [6, 6.07) is 0.653. The van der Waals surface area contributed by atoms with Crippen LogP contribution in [0.4, 0.5) is 8.78 Å². The van der Waals surface area contributed by atoms with Crippen molar-refractivity contribution in [3.05, 3.63) is 29.3 Å². The monoisotopic (exact) mass is 213 g/mol. The Labute approximate surface area is 85.4 Å². The molecule has 0 unspecified atom stereocenters. The zero-order valence-corrected chi connectivity index (χ0v) is 8.25. The molecule has 3 nitrogen and oxygen atoms in total. The number of rotatable bonds is 3. The lowest BCUT2D eigenvalue weighted by Gasteiger charge is -2.14. The number of isocyanates is 1. The molecule has 80 valence electrons. The Bertz CT molecular complexity index is 412. The average Bonchev–Trinajstić information content (AvgIpc) is 2.17. The number of halogens is 2. The van der Waals surface area contributed by atoms with Crippen LogP contribution in [0.2, 0.25) is 0 Å². The van der Waals surface area contributed by atoms with Crippen LogP contribution in [0.3, 0.4) is 0 Å². The Morgan fingerprint density at radius 3 is 2.67 bits per heavy atom. The van der Waals surface area contributed by atoms with E-state index in [1.54, 1.807) is 13.0 Å². The fraction of sp³-hybridized carbons (Fsp3) is 0.300. The summed E-state index contributed by atoms with van der Waals surface area (Å²) in [6.07, 6.45) is 0.847. The number of alkyl halides is 2. The van der Waals surface area contributed by atoms with Crippen molar-refractivity contribution < 1.29 is 18.3 Å². The number of carbonyl (C=O) groups excluding carboxylic acids is 1. The van der Waals surface area contributed by atoms with Gasteiger partial charge in [-0.2, -0.15) is 8.78 Å². The van der Waals surface area contributed by atoms with E-state index in [2.05, 4.69) is 4.99 Å². The highest BCUT2D eigenvalue weighted by Gasteiger charge is 2.34. The van der Waals surface area contributed by atoms with Gasteiger partial charge in [-0.25, -0.2) is 4.79 Å². The van der Waals surface area contributed by atoms with Crippen LogP contribution in [0.15, 0.2) is 23.2 Å². The smallest absolute Gasteiger partial charge is 0.382 e. The van der Waals surface area contributed by atoms with E-state index in [0.29, 0.717) is 5.56 Å². The van der Waals surface area contributed by atoms with E-state index >= 15 is 0 Å². The minimum Gasteiger partial charge on any atom is -0.496 e. The number of benzene rings is 1. The van der Waals surface area contributed by atoms with Gasteiger partial charge in [0.1, 0.15) is 5.75 Å². The standard InChI is InChI=1S/C10H9F2NO2/c1-7-3-4-9(15-2)8(5-7)10(11,12)13-6-14/h3-5H,1-2H3. The van der Waals surface area contributed by atoms with Gasteiger partial charge in [-0.05, 0) is 19.1 Å². The maximum atomic E-state index is 13.3. The third-order valence-electron chi connectivity index (χ3n) is 1.87. The highest BCUT2D eigenvalue weighted by molar-refractivity contribution is 5.42. The second kappa shape index (κ2) is 4.19. The van der Waals surface area contributed by atoms with Crippen molar-refractivity contribution in [3.8, 4) is 5.75 Å². The van der Waals surface area contributed by atoms with Gasteiger partial charge < -0.3 is 4.74 Å². The van der Waals surface area contributed by atoms with Gasteiger partial charge in [0.05, 0.1) is 12.7 Å². The van der Waals surface area contributed by atoms with Crippen LogP contribution < -0.4 is 4.74 Å². The van der Waals surface area contributed by atoms with E-state index < -0.39 is 11.6 Å². The van der Waals surface area contributed by atoms with Crippen molar-refractivity contribution in [2.24, 2.45) is 4.99 Å². The number of aliphatic imine (C=N–C) groups is 1. The van der Waals surface area contributed by atoms with E-state index in [-0.39, 0.29) is 5.75 Å². The molecule has 0 bridgehead atoms. The van der Waals surface area contributed by atoms with Gasteiger partial charge in [0, 0.05) is 0 Å². The molecule has 0 aliphatic carbocycles. The summed E-state index contributed by atoms with van der Waals surface area (Å²) in [5, 5.41) is 0. The zero-order valence-electron chi connectivity index (χ0n) is 8.25. The number of nitrogens with zero attached hydrogens (tertiary/aromatic N) is 1. The number of ether oxygens (including phenoxy) is 1. The predicted molar refractivity (Wildman–Crippen MR) is 49.7 cm³/mol. The van der Waals surface area contributed by atoms with Gasteiger partial charge in [-0.3, -0.25) is 0 Å². The van der Waals surface area contributed by atoms with Crippen molar-refractivity contribution in [3.63, 3.8) is 0 Å². The summed E-state index contributed by atoms with van der Waals surface area (Å²) in [5.41, 5.74) is 0.194. The van der Waals surface area contributed by atoms with Crippen LogP contribution in [0.25, 0.3) is 0 Å². The summed E-state index contributed by atoms with van der Waals surface area (Å²) in [5.74, 6) is -0.00963. The quantitative estimate of drug-likeness (QED) is 0.439. The molecular formula is C10H9F2NO2. The largest absolute Gasteiger partial charge is 0.496 e. The summed E-state index contributed by atoms with van der Waals surface area (Å²) in [6.45, 7) is 1.66. The Balaban J connectivity index is 3.33. The summed E-state index contributed by atoms with van der Waals surface area (Å²) in [4.78, 5) is 12.3.